The zero-order chi connectivity index (χ0) is 12.3. The van der Waals surface area contributed by atoms with E-state index in [0.717, 1.165) is 5.56 Å². The molecule has 17 heavy (non-hydrogen) atoms. The predicted molar refractivity (Wildman–Crippen MR) is 66.0 cm³/mol. The Balaban J connectivity index is 2.28. The van der Waals surface area contributed by atoms with Crippen LogP contribution in [-0.4, -0.2) is 4.57 Å². The van der Waals surface area contributed by atoms with Crippen molar-refractivity contribution in [2.75, 3.05) is 0 Å². The van der Waals surface area contributed by atoms with Gasteiger partial charge in [0.1, 0.15) is 0 Å². The molecule has 0 bridgehead atoms. The van der Waals surface area contributed by atoms with E-state index >= 15 is 0 Å². The number of pyridine rings is 1. The molecule has 0 saturated heterocycles. The van der Waals surface area contributed by atoms with Gasteiger partial charge >= 0.3 is 0 Å². The van der Waals surface area contributed by atoms with Crippen molar-refractivity contribution in [1.82, 2.24) is 4.57 Å². The van der Waals surface area contributed by atoms with Gasteiger partial charge < -0.3 is 4.57 Å². The number of aromatic nitrogens is 1. The Bertz CT molecular complexity index is 620. The van der Waals surface area contributed by atoms with Crippen LogP contribution in [-0.2, 0) is 6.54 Å². The summed E-state index contributed by atoms with van der Waals surface area (Å²) in [7, 11) is 0. The van der Waals surface area contributed by atoms with Gasteiger partial charge in [0, 0.05) is 36.1 Å². The summed E-state index contributed by atoms with van der Waals surface area (Å²) in [4.78, 5) is 10.9. The highest BCUT2D eigenvalue weighted by atomic mass is 35.5. The first-order valence-corrected chi connectivity index (χ1v) is 5.41. The van der Waals surface area contributed by atoms with Crippen LogP contribution in [0.4, 0.5) is 0 Å². The maximum absolute atomic E-state index is 10.9. The van der Waals surface area contributed by atoms with Gasteiger partial charge in [-0.25, -0.2) is 0 Å². The summed E-state index contributed by atoms with van der Waals surface area (Å²) >= 11 is 6.06. The molecular formula is C13H9ClN2O. The summed E-state index contributed by atoms with van der Waals surface area (Å²) in [5.74, 6) is 0. The highest BCUT2D eigenvalue weighted by Gasteiger charge is 2.02. The quantitative estimate of drug-likeness (QED) is 0.815. The van der Waals surface area contributed by atoms with Crippen LogP contribution in [0.3, 0.4) is 0 Å². The molecule has 2 rings (SSSR count). The van der Waals surface area contributed by atoms with Crippen LogP contribution >= 0.6 is 11.6 Å². The van der Waals surface area contributed by atoms with Crippen molar-refractivity contribution in [2.45, 2.75) is 6.54 Å². The number of hydrogen-bond acceptors (Lipinski definition) is 2. The van der Waals surface area contributed by atoms with Gasteiger partial charge in [0.15, 0.2) is 5.43 Å². The van der Waals surface area contributed by atoms with E-state index in [2.05, 4.69) is 0 Å². The van der Waals surface area contributed by atoms with Crippen molar-refractivity contribution in [1.29, 1.82) is 5.26 Å². The highest BCUT2D eigenvalue weighted by molar-refractivity contribution is 6.31. The van der Waals surface area contributed by atoms with E-state index in [0.29, 0.717) is 17.1 Å². The van der Waals surface area contributed by atoms with Crippen molar-refractivity contribution in [3.63, 3.8) is 0 Å². The number of benzene rings is 1. The summed E-state index contributed by atoms with van der Waals surface area (Å²) in [6.07, 6.45) is 3.41. The molecule has 1 heterocycles. The van der Waals surface area contributed by atoms with Gasteiger partial charge in [-0.3, -0.25) is 4.79 Å². The number of hydrogen-bond donors (Lipinski definition) is 0. The van der Waals surface area contributed by atoms with Crippen molar-refractivity contribution in [3.05, 3.63) is 69.1 Å². The molecule has 0 unspecified atom stereocenters. The van der Waals surface area contributed by atoms with Gasteiger partial charge in [0.05, 0.1) is 11.6 Å². The fourth-order valence-corrected chi connectivity index (χ4v) is 1.73. The molecule has 0 atom stereocenters. The molecule has 0 amide bonds. The van der Waals surface area contributed by atoms with Gasteiger partial charge in [-0.1, -0.05) is 17.7 Å². The minimum atomic E-state index is -0.0211. The van der Waals surface area contributed by atoms with Crippen molar-refractivity contribution in [2.24, 2.45) is 0 Å². The normalized spacial score (nSPS) is 9.88. The number of rotatable bonds is 2. The van der Waals surface area contributed by atoms with Crippen LogP contribution < -0.4 is 5.43 Å². The summed E-state index contributed by atoms with van der Waals surface area (Å²) in [5, 5.41) is 9.28. The second-order valence-electron chi connectivity index (χ2n) is 3.62. The predicted octanol–water partition coefficient (Wildman–Crippen LogP) is 2.42. The van der Waals surface area contributed by atoms with Gasteiger partial charge in [-0.2, -0.15) is 5.26 Å². The average Bonchev–Trinajstić information content (AvgIpc) is 2.34. The Labute approximate surface area is 104 Å². The van der Waals surface area contributed by atoms with E-state index in [1.165, 1.54) is 12.1 Å². The highest BCUT2D eigenvalue weighted by Crippen LogP contribution is 2.18. The molecule has 2 aromatic rings. The van der Waals surface area contributed by atoms with Crippen LogP contribution in [0.25, 0.3) is 0 Å². The van der Waals surface area contributed by atoms with E-state index in [9.17, 15) is 4.79 Å². The summed E-state index contributed by atoms with van der Waals surface area (Å²) < 4.78 is 1.86. The molecule has 0 aliphatic rings. The molecule has 0 spiro atoms. The van der Waals surface area contributed by atoms with E-state index in [4.69, 9.17) is 16.9 Å². The largest absolute Gasteiger partial charge is 0.350 e. The van der Waals surface area contributed by atoms with E-state index in [-0.39, 0.29) is 5.43 Å². The monoisotopic (exact) mass is 244 g/mol. The summed E-state index contributed by atoms with van der Waals surface area (Å²) in [6, 6.07) is 10.2. The fraction of sp³-hybridized carbons (Fsp3) is 0.0769. The summed E-state index contributed by atoms with van der Waals surface area (Å²) in [5.41, 5.74) is 1.43. The molecule has 1 aromatic carbocycles. The maximum atomic E-state index is 10.9. The van der Waals surface area contributed by atoms with Crippen LogP contribution in [0, 0.1) is 11.3 Å². The van der Waals surface area contributed by atoms with Crippen molar-refractivity contribution >= 4 is 11.6 Å². The van der Waals surface area contributed by atoms with Crippen LogP contribution in [0.15, 0.2) is 47.5 Å². The Morgan fingerprint density at radius 2 is 1.94 bits per heavy atom. The number of nitrogens with zero attached hydrogens (tertiary/aromatic N) is 2. The smallest absolute Gasteiger partial charge is 0.181 e. The van der Waals surface area contributed by atoms with Gasteiger partial charge in [0.2, 0.25) is 0 Å². The molecular weight excluding hydrogens is 236 g/mol. The molecule has 1 aromatic heterocycles. The Morgan fingerprint density at radius 1 is 1.24 bits per heavy atom. The first-order valence-electron chi connectivity index (χ1n) is 5.03. The minimum absolute atomic E-state index is 0.0211. The molecule has 3 nitrogen and oxygen atoms in total. The molecule has 84 valence electrons. The third kappa shape index (κ3) is 2.74. The van der Waals surface area contributed by atoms with Crippen LogP contribution in [0.2, 0.25) is 5.02 Å². The lowest BCUT2D eigenvalue weighted by atomic mass is 10.1. The zero-order valence-corrected chi connectivity index (χ0v) is 9.69. The molecule has 0 N–H and O–H groups in total. The Hall–Kier alpha value is -2.05. The lowest BCUT2D eigenvalue weighted by Crippen LogP contribution is -2.05. The van der Waals surface area contributed by atoms with Gasteiger partial charge in [0.25, 0.3) is 0 Å². The maximum Gasteiger partial charge on any atom is 0.181 e. The second kappa shape index (κ2) is 4.86. The lowest BCUT2D eigenvalue weighted by molar-refractivity contribution is 0.789. The van der Waals surface area contributed by atoms with E-state index < -0.39 is 0 Å². The third-order valence-electron chi connectivity index (χ3n) is 2.40. The van der Waals surface area contributed by atoms with Crippen molar-refractivity contribution in [3.8, 4) is 6.07 Å². The Morgan fingerprint density at radius 3 is 2.53 bits per heavy atom. The average molecular weight is 245 g/mol. The Kier molecular flexibility index (Phi) is 3.27. The SMILES string of the molecule is N#Cc1ccc(Cn2ccc(=O)cc2)c(Cl)c1. The molecule has 0 saturated carbocycles. The fourth-order valence-electron chi connectivity index (χ4n) is 1.49. The molecule has 0 aliphatic carbocycles. The topological polar surface area (TPSA) is 45.8 Å². The molecule has 0 aliphatic heterocycles. The van der Waals surface area contributed by atoms with Crippen LogP contribution in [0.5, 0.6) is 0 Å². The van der Waals surface area contributed by atoms with Gasteiger partial charge in [-0.15, -0.1) is 0 Å². The standard InChI is InChI=1S/C13H9ClN2O/c14-13-7-10(8-15)1-2-11(13)9-16-5-3-12(17)4-6-16/h1-7H,9H2. The lowest BCUT2D eigenvalue weighted by Gasteiger charge is -2.07. The molecule has 0 radical (unpaired) electrons. The first kappa shape index (κ1) is 11.4. The molecule has 4 heteroatoms. The van der Waals surface area contributed by atoms with Crippen LogP contribution in [0.1, 0.15) is 11.1 Å². The van der Waals surface area contributed by atoms with Gasteiger partial charge in [-0.05, 0) is 17.7 Å². The van der Waals surface area contributed by atoms with E-state index in [1.807, 2.05) is 16.7 Å². The minimum Gasteiger partial charge on any atom is -0.350 e. The molecule has 0 fully saturated rings. The first-order chi connectivity index (χ1) is 8.19. The number of nitriles is 1. The third-order valence-corrected chi connectivity index (χ3v) is 2.75. The van der Waals surface area contributed by atoms with E-state index in [1.54, 1.807) is 24.5 Å². The van der Waals surface area contributed by atoms with Crippen molar-refractivity contribution < 1.29 is 0 Å². The zero-order valence-electron chi connectivity index (χ0n) is 8.93. The summed E-state index contributed by atoms with van der Waals surface area (Å²) in [6.45, 7) is 0.574. The number of halogens is 1. The second-order valence-corrected chi connectivity index (χ2v) is 4.03.